The molecule has 8 nitrogen and oxygen atoms in total. The van der Waals surface area contributed by atoms with E-state index in [1.165, 1.54) is 38.5 Å². The predicted octanol–water partition coefficient (Wildman–Crippen LogP) is 3.35. The van der Waals surface area contributed by atoms with Crippen LogP contribution in [0, 0.1) is 0 Å². The average Bonchev–Trinajstić information content (AvgIpc) is 2.55. The summed E-state index contributed by atoms with van der Waals surface area (Å²) >= 11 is 0. The first-order valence-corrected chi connectivity index (χ1v) is 11.0. The van der Waals surface area contributed by atoms with Gasteiger partial charge >= 0.3 is 13.8 Å². The van der Waals surface area contributed by atoms with Gasteiger partial charge in [0, 0.05) is 6.42 Å². The summed E-state index contributed by atoms with van der Waals surface area (Å²) in [6, 6.07) is 0. The molecule has 2 bridgehead atoms. The van der Waals surface area contributed by atoms with Crippen molar-refractivity contribution in [3.63, 3.8) is 0 Å². The van der Waals surface area contributed by atoms with Gasteiger partial charge in [-0.1, -0.05) is 71.1 Å². The van der Waals surface area contributed by atoms with Crippen molar-refractivity contribution < 1.29 is 37.9 Å². The van der Waals surface area contributed by atoms with Crippen molar-refractivity contribution in [3.8, 4) is 0 Å². The van der Waals surface area contributed by atoms with Crippen molar-refractivity contribution in [1.82, 2.24) is 0 Å². The summed E-state index contributed by atoms with van der Waals surface area (Å²) in [5, 5.41) is 19.5. The monoisotopic (exact) mass is 392 g/mol. The Kier molecular flexibility index (Phi) is 7.53. The molecular formula is C17H29O8P. The molecule has 3 aliphatic heterocycles. The number of phosphoric acid groups is 1. The standard InChI is InChI=1S/C17H29O8P/c1-2-3-4-5-6-7-8-9-10-11-12-13-14(18)16(20,21)15(19)17-23-26(22,24-17)25-17/h20-21H,2-13H2,1H3. The van der Waals surface area contributed by atoms with Crippen molar-refractivity contribution in [2.75, 3.05) is 0 Å². The molecule has 2 N–H and O–H groups in total. The number of hydrogen-bond donors (Lipinski definition) is 2. The van der Waals surface area contributed by atoms with Crippen molar-refractivity contribution in [1.29, 1.82) is 0 Å². The fourth-order valence-corrected chi connectivity index (χ4v) is 4.22. The maximum atomic E-state index is 11.9. The molecule has 26 heavy (non-hydrogen) atoms. The second-order valence-electron chi connectivity index (χ2n) is 6.99. The van der Waals surface area contributed by atoms with E-state index in [0.717, 1.165) is 25.7 Å². The lowest BCUT2D eigenvalue weighted by molar-refractivity contribution is -0.405. The Bertz CT molecular complexity index is 532. The zero-order valence-corrected chi connectivity index (χ0v) is 16.2. The summed E-state index contributed by atoms with van der Waals surface area (Å²) < 4.78 is 24.6. The minimum Gasteiger partial charge on any atom is -0.354 e. The predicted molar refractivity (Wildman–Crippen MR) is 91.9 cm³/mol. The number of ketones is 2. The van der Waals surface area contributed by atoms with E-state index < -0.39 is 31.1 Å². The summed E-state index contributed by atoms with van der Waals surface area (Å²) in [6.45, 7) is 2.20. The number of hydrogen-bond acceptors (Lipinski definition) is 8. The second-order valence-corrected chi connectivity index (χ2v) is 8.43. The molecule has 3 aliphatic rings. The van der Waals surface area contributed by atoms with Crippen LogP contribution in [0.2, 0.25) is 0 Å². The topological polar surface area (TPSA) is 119 Å². The smallest absolute Gasteiger partial charge is 0.354 e. The first kappa shape index (κ1) is 21.7. The number of aliphatic hydroxyl groups is 2. The van der Waals surface area contributed by atoms with E-state index in [-0.39, 0.29) is 6.42 Å². The number of carbonyl (C=O) groups is 2. The van der Waals surface area contributed by atoms with E-state index in [2.05, 4.69) is 20.5 Å². The van der Waals surface area contributed by atoms with E-state index >= 15 is 0 Å². The van der Waals surface area contributed by atoms with Crippen molar-refractivity contribution in [2.45, 2.75) is 95.7 Å². The Labute approximate surface area is 153 Å². The first-order valence-electron chi connectivity index (χ1n) is 9.51. The molecule has 0 amide bonds. The first-order chi connectivity index (χ1) is 12.3. The molecular weight excluding hydrogens is 363 g/mol. The summed E-state index contributed by atoms with van der Waals surface area (Å²) in [4.78, 5) is 23.8. The van der Waals surface area contributed by atoms with Gasteiger partial charge in [-0.15, -0.1) is 0 Å². The fraction of sp³-hybridized carbons (Fsp3) is 0.882. The van der Waals surface area contributed by atoms with Crippen LogP contribution in [0.3, 0.4) is 0 Å². The Morgan fingerprint density at radius 3 is 1.69 bits per heavy atom. The van der Waals surface area contributed by atoms with Crippen molar-refractivity contribution >= 4 is 19.4 Å². The van der Waals surface area contributed by atoms with E-state index in [0.29, 0.717) is 6.42 Å². The molecule has 3 heterocycles. The Morgan fingerprint density at radius 1 is 0.846 bits per heavy atom. The van der Waals surface area contributed by atoms with Crippen molar-refractivity contribution in [3.05, 3.63) is 0 Å². The molecule has 0 unspecified atom stereocenters. The largest absolute Gasteiger partial charge is 0.489 e. The lowest BCUT2D eigenvalue weighted by atomic mass is 9.99. The SMILES string of the molecule is CCCCCCCCCCCCCC(=O)C(O)(O)C(=O)C12OP(=O)(O1)O2. The molecule has 0 aromatic heterocycles. The van der Waals surface area contributed by atoms with Crippen LogP contribution in [-0.4, -0.2) is 33.5 Å². The highest BCUT2D eigenvalue weighted by molar-refractivity contribution is 7.52. The van der Waals surface area contributed by atoms with Crippen LogP contribution >= 0.6 is 7.82 Å². The van der Waals surface area contributed by atoms with Gasteiger partial charge in [-0.25, -0.2) is 18.1 Å². The highest BCUT2D eigenvalue weighted by atomic mass is 31.2. The van der Waals surface area contributed by atoms with Crippen LogP contribution in [0.25, 0.3) is 0 Å². The van der Waals surface area contributed by atoms with Gasteiger partial charge in [-0.05, 0) is 6.42 Å². The minimum absolute atomic E-state index is 0.149. The fourth-order valence-electron chi connectivity index (χ4n) is 3.05. The van der Waals surface area contributed by atoms with Gasteiger partial charge in [0.15, 0.2) is 5.78 Å². The summed E-state index contributed by atoms with van der Waals surface area (Å²) in [5.74, 6) is -8.18. The molecule has 3 rings (SSSR count). The minimum atomic E-state index is -3.64. The Morgan fingerprint density at radius 2 is 1.27 bits per heavy atom. The third kappa shape index (κ3) is 5.00. The third-order valence-corrected chi connectivity index (χ3v) is 6.08. The molecule has 0 spiro atoms. The van der Waals surface area contributed by atoms with Gasteiger partial charge in [0.1, 0.15) is 0 Å². The lowest BCUT2D eigenvalue weighted by Gasteiger charge is -2.54. The molecule has 0 radical (unpaired) electrons. The van der Waals surface area contributed by atoms with Crippen LogP contribution in [0.5, 0.6) is 0 Å². The van der Waals surface area contributed by atoms with Gasteiger partial charge < -0.3 is 10.2 Å². The van der Waals surface area contributed by atoms with Crippen LogP contribution < -0.4 is 0 Å². The highest BCUT2D eigenvalue weighted by Crippen LogP contribution is 2.80. The summed E-state index contributed by atoms with van der Waals surface area (Å²) in [5.41, 5.74) is 0. The molecule has 9 heteroatoms. The van der Waals surface area contributed by atoms with Crippen LogP contribution in [-0.2, 0) is 27.7 Å². The quantitative estimate of drug-likeness (QED) is 0.188. The maximum Gasteiger partial charge on any atom is 0.489 e. The molecule has 0 atom stereocenters. The Balaban J connectivity index is 1.52. The normalized spacial score (nSPS) is 26.9. The molecule has 0 aromatic rings. The molecule has 0 saturated carbocycles. The molecule has 0 aliphatic carbocycles. The van der Waals surface area contributed by atoms with Crippen LogP contribution in [0.4, 0.5) is 0 Å². The van der Waals surface area contributed by atoms with E-state index in [1.807, 2.05) is 0 Å². The third-order valence-electron chi connectivity index (χ3n) is 4.69. The van der Waals surface area contributed by atoms with E-state index in [9.17, 15) is 24.4 Å². The number of Topliss-reactive ketones (excluding diaryl/α,β-unsaturated/α-hetero) is 2. The number of phosphoric ester groups is 1. The summed E-state index contributed by atoms with van der Waals surface area (Å²) in [6.07, 6.45) is 11.9. The molecule has 3 fully saturated rings. The number of unbranched alkanes of at least 4 members (excludes halogenated alkanes) is 10. The molecule has 3 saturated heterocycles. The van der Waals surface area contributed by atoms with Gasteiger partial charge in [-0.2, -0.15) is 0 Å². The van der Waals surface area contributed by atoms with Crippen LogP contribution in [0.1, 0.15) is 84.0 Å². The van der Waals surface area contributed by atoms with E-state index in [1.54, 1.807) is 0 Å². The zero-order valence-electron chi connectivity index (χ0n) is 15.3. The average molecular weight is 392 g/mol. The zero-order chi connectivity index (χ0) is 19.3. The molecule has 0 aromatic carbocycles. The highest BCUT2D eigenvalue weighted by Gasteiger charge is 2.82. The lowest BCUT2D eigenvalue weighted by Crippen LogP contribution is -2.69. The number of rotatable bonds is 15. The maximum absolute atomic E-state index is 11.9. The van der Waals surface area contributed by atoms with Gasteiger partial charge in [0.2, 0.25) is 0 Å². The second kappa shape index (κ2) is 9.04. The van der Waals surface area contributed by atoms with E-state index in [4.69, 9.17) is 0 Å². The van der Waals surface area contributed by atoms with Crippen LogP contribution in [0.15, 0.2) is 0 Å². The molecule has 150 valence electrons. The van der Waals surface area contributed by atoms with Gasteiger partial charge in [0.25, 0.3) is 11.6 Å². The van der Waals surface area contributed by atoms with Gasteiger partial charge in [0.05, 0.1) is 0 Å². The Hall–Kier alpha value is -0.630. The van der Waals surface area contributed by atoms with Gasteiger partial charge in [-0.3, -0.25) is 9.59 Å². The summed E-state index contributed by atoms with van der Waals surface area (Å²) in [7, 11) is -3.64. The number of carbonyl (C=O) groups excluding carboxylic acids is 2. The van der Waals surface area contributed by atoms with Crippen molar-refractivity contribution in [2.24, 2.45) is 0 Å².